The van der Waals surface area contributed by atoms with Gasteiger partial charge in [0.25, 0.3) is 0 Å². The Balaban J connectivity index is 2.03. The van der Waals surface area contributed by atoms with Gasteiger partial charge in [0.2, 0.25) is 11.6 Å². The minimum atomic E-state index is -5.79. The standard InChI is InChI=1S/C28H11F11O/c1-40-27-25(35)21(31)17(22(32)26(27)36)15-12-8-4-2-6-10(12)14(11-7-3-5-9-13(11)15)16-19(29)23(33)18(28(37,38)39)24(34)20(16)30/h2-9H,1H3. The molecule has 0 bridgehead atoms. The van der Waals surface area contributed by atoms with Gasteiger partial charge in [-0.25, -0.2) is 26.3 Å². The van der Waals surface area contributed by atoms with Crippen LogP contribution in [-0.4, -0.2) is 7.11 Å². The smallest absolute Gasteiger partial charge is 0.422 e. The van der Waals surface area contributed by atoms with Gasteiger partial charge < -0.3 is 4.74 Å². The number of hydrogen-bond acceptors (Lipinski definition) is 1. The molecule has 0 amide bonds. The molecule has 0 aliphatic heterocycles. The Kier molecular flexibility index (Phi) is 6.39. The molecule has 206 valence electrons. The first-order chi connectivity index (χ1) is 18.8. The van der Waals surface area contributed by atoms with E-state index in [1.54, 1.807) is 0 Å². The van der Waals surface area contributed by atoms with Crippen LogP contribution < -0.4 is 4.74 Å². The molecule has 40 heavy (non-hydrogen) atoms. The highest BCUT2D eigenvalue weighted by Crippen LogP contribution is 2.49. The molecule has 0 aromatic heterocycles. The largest absolute Gasteiger partial charge is 0.491 e. The predicted molar refractivity (Wildman–Crippen MR) is 124 cm³/mol. The zero-order valence-electron chi connectivity index (χ0n) is 19.7. The van der Waals surface area contributed by atoms with Crippen LogP contribution in [0.1, 0.15) is 5.56 Å². The number of rotatable bonds is 3. The third-order valence-corrected chi connectivity index (χ3v) is 6.41. The van der Waals surface area contributed by atoms with Crippen molar-refractivity contribution < 1.29 is 53.0 Å². The van der Waals surface area contributed by atoms with E-state index >= 15 is 17.6 Å². The summed E-state index contributed by atoms with van der Waals surface area (Å²) >= 11 is 0. The van der Waals surface area contributed by atoms with Crippen LogP contribution in [0.5, 0.6) is 5.75 Å². The Morgan fingerprint density at radius 1 is 0.450 bits per heavy atom. The second-order valence-corrected chi connectivity index (χ2v) is 8.51. The summed E-state index contributed by atoms with van der Waals surface area (Å²) in [5.74, 6) is -19.1. The summed E-state index contributed by atoms with van der Waals surface area (Å²) in [6.07, 6.45) is -5.79. The van der Waals surface area contributed by atoms with E-state index in [0.717, 1.165) is 31.4 Å². The molecule has 0 saturated heterocycles. The van der Waals surface area contributed by atoms with Crippen LogP contribution in [0.3, 0.4) is 0 Å². The monoisotopic (exact) mass is 572 g/mol. The Morgan fingerprint density at radius 2 is 0.750 bits per heavy atom. The molecule has 5 rings (SSSR count). The van der Waals surface area contributed by atoms with E-state index in [2.05, 4.69) is 4.74 Å². The van der Waals surface area contributed by atoms with Crippen LogP contribution in [0, 0.1) is 46.5 Å². The fourth-order valence-electron chi connectivity index (χ4n) is 4.78. The number of alkyl halides is 3. The number of methoxy groups -OCH3 is 1. The van der Waals surface area contributed by atoms with Crippen molar-refractivity contribution in [1.29, 1.82) is 0 Å². The quantitative estimate of drug-likeness (QED) is 0.119. The molecule has 1 nitrogen and oxygen atoms in total. The van der Waals surface area contributed by atoms with Gasteiger partial charge in [-0.1, -0.05) is 48.5 Å². The second kappa shape index (κ2) is 9.39. The maximum Gasteiger partial charge on any atom is 0.422 e. The van der Waals surface area contributed by atoms with Gasteiger partial charge in [-0.15, -0.1) is 0 Å². The first-order valence-electron chi connectivity index (χ1n) is 11.1. The lowest BCUT2D eigenvalue weighted by Crippen LogP contribution is -2.16. The molecule has 0 spiro atoms. The number of benzene rings is 5. The summed E-state index contributed by atoms with van der Waals surface area (Å²) in [5.41, 5.74) is -6.74. The normalized spacial score (nSPS) is 12.0. The number of hydrogen-bond donors (Lipinski definition) is 0. The van der Waals surface area contributed by atoms with Crippen LogP contribution in [0.15, 0.2) is 48.5 Å². The van der Waals surface area contributed by atoms with Crippen LogP contribution in [0.25, 0.3) is 43.8 Å². The number of ether oxygens (including phenoxy) is 1. The molecule has 0 unspecified atom stereocenters. The molecule has 0 N–H and O–H groups in total. The van der Waals surface area contributed by atoms with Gasteiger partial charge >= 0.3 is 6.18 Å². The SMILES string of the molecule is COc1c(F)c(F)c(-c2c3ccccc3c(-c3c(F)c(F)c(C(F)(F)F)c(F)c3F)c3ccccc23)c(F)c1F. The van der Waals surface area contributed by atoms with E-state index in [9.17, 15) is 30.7 Å². The molecular formula is C28H11F11O. The van der Waals surface area contributed by atoms with Gasteiger partial charge in [-0.2, -0.15) is 22.0 Å². The Morgan fingerprint density at radius 3 is 1.02 bits per heavy atom. The van der Waals surface area contributed by atoms with Crippen molar-refractivity contribution in [2.75, 3.05) is 7.11 Å². The van der Waals surface area contributed by atoms with Gasteiger partial charge in [0.1, 0.15) is 5.56 Å². The Bertz CT molecular complexity index is 1740. The van der Waals surface area contributed by atoms with Crippen molar-refractivity contribution >= 4 is 21.5 Å². The lowest BCUT2D eigenvalue weighted by atomic mass is 9.85. The molecule has 0 atom stereocenters. The van der Waals surface area contributed by atoms with E-state index in [0.29, 0.717) is 0 Å². The van der Waals surface area contributed by atoms with Crippen LogP contribution in [-0.2, 0) is 6.18 Å². The maximum absolute atomic E-state index is 15.3. The maximum atomic E-state index is 15.3. The van der Waals surface area contributed by atoms with E-state index in [1.165, 1.54) is 24.3 Å². The second-order valence-electron chi connectivity index (χ2n) is 8.51. The van der Waals surface area contributed by atoms with Gasteiger partial charge in [0, 0.05) is 11.1 Å². The summed E-state index contributed by atoms with van der Waals surface area (Å²) in [4.78, 5) is 0. The zero-order valence-corrected chi connectivity index (χ0v) is 19.7. The predicted octanol–water partition coefficient (Wildman–Crippen LogP) is 9.47. The van der Waals surface area contributed by atoms with Gasteiger partial charge in [0.15, 0.2) is 40.7 Å². The Labute approximate surface area is 217 Å². The van der Waals surface area contributed by atoms with E-state index < -0.39 is 86.3 Å². The van der Waals surface area contributed by atoms with Crippen molar-refractivity contribution in [3.8, 4) is 28.0 Å². The molecule has 0 heterocycles. The summed E-state index contributed by atoms with van der Waals surface area (Å²) in [6, 6.07) is 9.50. The van der Waals surface area contributed by atoms with Gasteiger partial charge in [-0.05, 0) is 21.5 Å². The summed E-state index contributed by atoms with van der Waals surface area (Å²) in [7, 11) is 0.769. The summed E-state index contributed by atoms with van der Waals surface area (Å²) in [6.45, 7) is 0. The number of halogens is 11. The molecule has 0 fully saturated rings. The fraction of sp³-hybridized carbons (Fsp3) is 0.0714. The minimum Gasteiger partial charge on any atom is -0.491 e. The van der Waals surface area contributed by atoms with Crippen molar-refractivity contribution in [3.05, 3.63) is 101 Å². The molecule has 0 aliphatic carbocycles. The van der Waals surface area contributed by atoms with Gasteiger partial charge in [0.05, 0.1) is 18.2 Å². The highest BCUT2D eigenvalue weighted by molar-refractivity contribution is 6.21. The van der Waals surface area contributed by atoms with Crippen LogP contribution in [0.2, 0.25) is 0 Å². The Hall–Kier alpha value is -4.35. The first-order valence-corrected chi connectivity index (χ1v) is 11.1. The lowest BCUT2D eigenvalue weighted by Gasteiger charge is -2.20. The first kappa shape index (κ1) is 27.2. The van der Waals surface area contributed by atoms with Gasteiger partial charge in [-0.3, -0.25) is 0 Å². The fourth-order valence-corrected chi connectivity index (χ4v) is 4.78. The topological polar surface area (TPSA) is 9.23 Å². The van der Waals surface area contributed by atoms with Crippen molar-refractivity contribution in [3.63, 3.8) is 0 Å². The number of fused-ring (bicyclic) bond motifs is 2. The average molecular weight is 572 g/mol. The van der Waals surface area contributed by atoms with E-state index in [4.69, 9.17) is 0 Å². The van der Waals surface area contributed by atoms with Crippen LogP contribution in [0.4, 0.5) is 48.3 Å². The average Bonchev–Trinajstić information content (AvgIpc) is 2.91. The third kappa shape index (κ3) is 3.76. The third-order valence-electron chi connectivity index (χ3n) is 6.41. The lowest BCUT2D eigenvalue weighted by molar-refractivity contribution is -0.143. The highest BCUT2D eigenvalue weighted by Gasteiger charge is 2.43. The summed E-state index contributed by atoms with van der Waals surface area (Å²) in [5, 5.41) is -1.33. The zero-order chi connectivity index (χ0) is 29.3. The van der Waals surface area contributed by atoms with Crippen LogP contribution >= 0.6 is 0 Å². The van der Waals surface area contributed by atoms with Crippen molar-refractivity contribution in [2.45, 2.75) is 6.18 Å². The molecular weight excluding hydrogens is 561 g/mol. The molecule has 5 aromatic rings. The highest BCUT2D eigenvalue weighted by atomic mass is 19.4. The summed E-state index contributed by atoms with van der Waals surface area (Å²) < 4.78 is 163. The van der Waals surface area contributed by atoms with Crippen molar-refractivity contribution in [2.24, 2.45) is 0 Å². The molecule has 5 aromatic carbocycles. The minimum absolute atomic E-state index is 0.308. The van der Waals surface area contributed by atoms with E-state index in [-0.39, 0.29) is 21.5 Å². The van der Waals surface area contributed by atoms with E-state index in [1.807, 2.05) is 0 Å². The van der Waals surface area contributed by atoms with Crippen molar-refractivity contribution in [1.82, 2.24) is 0 Å². The molecule has 0 aliphatic rings. The molecule has 12 heteroatoms. The molecule has 0 saturated carbocycles. The molecule has 0 radical (unpaired) electrons.